The number of anilines is 2. The number of ether oxygens (including phenoxy) is 1. The van der Waals surface area contributed by atoms with Crippen molar-refractivity contribution in [1.29, 1.82) is 0 Å². The Bertz CT molecular complexity index is 1390. The molecule has 7 nitrogen and oxygen atoms in total. The lowest BCUT2D eigenvalue weighted by atomic mass is 10.2. The molecule has 4 aromatic rings. The van der Waals surface area contributed by atoms with E-state index < -0.39 is 5.97 Å². The lowest BCUT2D eigenvalue weighted by molar-refractivity contribution is -0.113. The fraction of sp³-hybridized carbons (Fsp3) is 0.0833. The second-order valence-electron chi connectivity index (χ2n) is 6.97. The zero-order chi connectivity index (χ0) is 24.1. The summed E-state index contributed by atoms with van der Waals surface area (Å²) in [5.74, 6) is -0.973. The number of halogens is 1. The van der Waals surface area contributed by atoms with Gasteiger partial charge < -0.3 is 15.4 Å². The Kier molecular flexibility index (Phi) is 7.46. The van der Waals surface area contributed by atoms with E-state index in [1.165, 1.54) is 30.2 Å². The molecule has 10 heteroatoms. The van der Waals surface area contributed by atoms with Crippen molar-refractivity contribution in [3.63, 3.8) is 0 Å². The summed E-state index contributed by atoms with van der Waals surface area (Å²) in [5, 5.41) is 5.96. The SMILES string of the molecule is COC(=O)c1ccccc1NC(=O)CSc1nc2ccc(NC(=O)c3ccccc3Cl)cc2s1. The van der Waals surface area contributed by atoms with Crippen LogP contribution in [0.25, 0.3) is 10.2 Å². The van der Waals surface area contributed by atoms with Gasteiger partial charge in [-0.25, -0.2) is 9.78 Å². The maximum Gasteiger partial charge on any atom is 0.339 e. The number of nitrogens with zero attached hydrogens (tertiary/aromatic N) is 1. The molecule has 0 atom stereocenters. The van der Waals surface area contributed by atoms with E-state index in [1.54, 1.807) is 54.6 Å². The fourth-order valence-electron chi connectivity index (χ4n) is 3.08. The first-order valence-corrected chi connectivity index (χ1v) is 12.2. The minimum absolute atomic E-state index is 0.116. The quantitative estimate of drug-likeness (QED) is 0.243. The van der Waals surface area contributed by atoms with E-state index in [9.17, 15) is 14.4 Å². The Morgan fingerprint density at radius 2 is 1.74 bits per heavy atom. The molecule has 2 amide bonds. The van der Waals surface area contributed by atoms with Crippen LogP contribution in [0.2, 0.25) is 5.02 Å². The van der Waals surface area contributed by atoms with Gasteiger partial charge in [0.2, 0.25) is 5.91 Å². The van der Waals surface area contributed by atoms with Gasteiger partial charge in [-0.05, 0) is 42.5 Å². The Hall–Kier alpha value is -3.40. The highest BCUT2D eigenvalue weighted by atomic mass is 35.5. The third-order valence-electron chi connectivity index (χ3n) is 4.68. The van der Waals surface area contributed by atoms with Crippen molar-refractivity contribution in [2.45, 2.75) is 4.34 Å². The summed E-state index contributed by atoms with van der Waals surface area (Å²) >= 11 is 8.80. The molecule has 1 heterocycles. The number of esters is 1. The van der Waals surface area contributed by atoms with Crippen LogP contribution in [0.4, 0.5) is 11.4 Å². The molecule has 3 aromatic carbocycles. The van der Waals surface area contributed by atoms with Gasteiger partial charge in [0, 0.05) is 5.69 Å². The molecule has 0 fully saturated rings. The molecule has 0 bridgehead atoms. The number of thiazole rings is 1. The Morgan fingerprint density at radius 1 is 1.00 bits per heavy atom. The van der Waals surface area contributed by atoms with Crippen LogP contribution in [0, 0.1) is 0 Å². The normalized spacial score (nSPS) is 10.6. The van der Waals surface area contributed by atoms with Crippen LogP contribution >= 0.6 is 34.7 Å². The van der Waals surface area contributed by atoms with Crippen molar-refractivity contribution >= 4 is 74.1 Å². The minimum atomic E-state index is -0.521. The second-order valence-corrected chi connectivity index (χ2v) is 9.63. The molecular formula is C24H18ClN3O4S2. The number of hydrogen-bond acceptors (Lipinski definition) is 7. The van der Waals surface area contributed by atoms with Crippen LogP contribution in [0.5, 0.6) is 0 Å². The van der Waals surface area contributed by atoms with Crippen molar-refractivity contribution in [3.8, 4) is 0 Å². The topological polar surface area (TPSA) is 97.4 Å². The average Bonchev–Trinajstić information content (AvgIpc) is 3.25. The van der Waals surface area contributed by atoms with Crippen molar-refractivity contribution in [1.82, 2.24) is 4.98 Å². The standard InChI is InChI=1S/C24H18ClN3O4S2/c1-32-23(31)16-7-3-5-9-18(16)27-21(29)13-33-24-28-19-11-10-14(12-20(19)34-24)26-22(30)15-6-2-4-8-17(15)25/h2-12H,13H2,1H3,(H,26,30)(H,27,29). The fourth-order valence-corrected chi connectivity index (χ4v) is 5.21. The van der Waals surface area contributed by atoms with Gasteiger partial charge in [-0.15, -0.1) is 11.3 Å². The number of para-hydroxylation sites is 1. The first-order valence-electron chi connectivity index (χ1n) is 10.0. The van der Waals surface area contributed by atoms with Crippen LogP contribution < -0.4 is 10.6 Å². The van der Waals surface area contributed by atoms with Crippen molar-refractivity contribution in [2.75, 3.05) is 23.5 Å². The summed E-state index contributed by atoms with van der Waals surface area (Å²) < 4.78 is 6.33. The zero-order valence-electron chi connectivity index (χ0n) is 17.8. The number of carbonyl (C=O) groups excluding carboxylic acids is 3. The summed E-state index contributed by atoms with van der Waals surface area (Å²) in [6, 6.07) is 18.9. The number of carbonyl (C=O) groups is 3. The van der Waals surface area contributed by atoms with Crippen molar-refractivity contribution in [3.05, 3.63) is 82.9 Å². The lowest BCUT2D eigenvalue weighted by Crippen LogP contribution is -2.17. The van der Waals surface area contributed by atoms with Gasteiger partial charge in [0.05, 0.1) is 44.9 Å². The number of nitrogens with one attached hydrogen (secondary N) is 2. The van der Waals surface area contributed by atoms with Crippen LogP contribution in [0.1, 0.15) is 20.7 Å². The number of rotatable bonds is 7. The maximum atomic E-state index is 12.5. The van der Waals surface area contributed by atoms with E-state index in [0.717, 1.165) is 10.2 Å². The summed E-state index contributed by atoms with van der Waals surface area (Å²) in [7, 11) is 1.29. The molecule has 0 aliphatic rings. The average molecular weight is 512 g/mol. The van der Waals surface area contributed by atoms with Gasteiger partial charge in [0.25, 0.3) is 5.91 Å². The third-order valence-corrected chi connectivity index (χ3v) is 7.17. The van der Waals surface area contributed by atoms with E-state index in [-0.39, 0.29) is 23.1 Å². The molecule has 0 unspecified atom stereocenters. The summed E-state index contributed by atoms with van der Waals surface area (Å²) in [6.45, 7) is 0. The van der Waals surface area contributed by atoms with Crippen LogP contribution in [-0.2, 0) is 9.53 Å². The predicted molar refractivity (Wildman–Crippen MR) is 136 cm³/mol. The second kappa shape index (κ2) is 10.7. The highest BCUT2D eigenvalue weighted by Gasteiger charge is 2.15. The molecule has 1 aromatic heterocycles. The van der Waals surface area contributed by atoms with Crippen molar-refractivity contribution in [2.24, 2.45) is 0 Å². The molecule has 0 spiro atoms. The monoisotopic (exact) mass is 511 g/mol. The molecule has 2 N–H and O–H groups in total. The molecule has 172 valence electrons. The van der Waals surface area contributed by atoms with Gasteiger partial charge >= 0.3 is 5.97 Å². The van der Waals surface area contributed by atoms with Gasteiger partial charge in [-0.3, -0.25) is 9.59 Å². The van der Waals surface area contributed by atoms with Crippen LogP contribution in [0.3, 0.4) is 0 Å². The predicted octanol–water partition coefficient (Wildman–Crippen LogP) is 5.72. The number of hydrogen-bond donors (Lipinski definition) is 2. The summed E-state index contributed by atoms with van der Waals surface area (Å²) in [6.07, 6.45) is 0. The van der Waals surface area contributed by atoms with Gasteiger partial charge in [0.15, 0.2) is 4.34 Å². The van der Waals surface area contributed by atoms with Gasteiger partial charge in [-0.2, -0.15) is 0 Å². The number of aromatic nitrogens is 1. The zero-order valence-corrected chi connectivity index (χ0v) is 20.2. The smallest absolute Gasteiger partial charge is 0.339 e. The first-order chi connectivity index (χ1) is 16.4. The van der Waals surface area contributed by atoms with E-state index in [1.807, 2.05) is 12.1 Å². The van der Waals surface area contributed by atoms with Crippen molar-refractivity contribution < 1.29 is 19.1 Å². The molecule has 0 aliphatic heterocycles. The Balaban J connectivity index is 1.40. The maximum absolute atomic E-state index is 12.5. The minimum Gasteiger partial charge on any atom is -0.465 e. The molecule has 4 rings (SSSR count). The molecule has 34 heavy (non-hydrogen) atoms. The number of thioether (sulfide) groups is 1. The number of fused-ring (bicyclic) bond motifs is 1. The van der Waals surface area contributed by atoms with E-state index >= 15 is 0 Å². The lowest BCUT2D eigenvalue weighted by Gasteiger charge is -2.08. The highest BCUT2D eigenvalue weighted by Crippen LogP contribution is 2.31. The molecular weight excluding hydrogens is 494 g/mol. The number of methoxy groups -OCH3 is 1. The first kappa shape index (κ1) is 23.7. The molecule has 0 radical (unpaired) electrons. The van der Waals surface area contributed by atoms with Crippen LogP contribution in [-0.4, -0.2) is 35.6 Å². The van der Waals surface area contributed by atoms with E-state index in [4.69, 9.17) is 16.3 Å². The summed E-state index contributed by atoms with van der Waals surface area (Å²) in [5.41, 5.74) is 2.46. The number of benzene rings is 3. The Labute approximate surface area is 208 Å². The third kappa shape index (κ3) is 5.56. The summed E-state index contributed by atoms with van der Waals surface area (Å²) in [4.78, 5) is 41.3. The van der Waals surface area contributed by atoms with Gasteiger partial charge in [-0.1, -0.05) is 47.6 Å². The Morgan fingerprint density at radius 3 is 2.50 bits per heavy atom. The largest absolute Gasteiger partial charge is 0.465 e. The van der Waals surface area contributed by atoms with E-state index in [2.05, 4.69) is 15.6 Å². The molecule has 0 aliphatic carbocycles. The highest BCUT2D eigenvalue weighted by molar-refractivity contribution is 8.01. The molecule has 0 saturated heterocycles. The van der Waals surface area contributed by atoms with E-state index in [0.29, 0.717) is 26.3 Å². The molecule has 0 saturated carbocycles. The van der Waals surface area contributed by atoms with Crippen LogP contribution in [0.15, 0.2) is 71.1 Å². The van der Waals surface area contributed by atoms with Gasteiger partial charge in [0.1, 0.15) is 0 Å². The number of amides is 2.